The lowest BCUT2D eigenvalue weighted by atomic mass is 9.92. The van der Waals surface area contributed by atoms with Crippen molar-refractivity contribution < 1.29 is 19.1 Å². The van der Waals surface area contributed by atoms with Crippen LogP contribution in [0, 0.1) is 23.7 Å². The maximum atomic E-state index is 11.8. The molecule has 0 saturated carbocycles. The summed E-state index contributed by atoms with van der Waals surface area (Å²) in [5, 5.41) is 5.67. The van der Waals surface area contributed by atoms with Crippen molar-refractivity contribution in [3.63, 3.8) is 0 Å². The Morgan fingerprint density at radius 1 is 0.882 bits per heavy atom. The smallest absolute Gasteiger partial charge is 0.306 e. The summed E-state index contributed by atoms with van der Waals surface area (Å²) in [4.78, 5) is 34.4. The van der Waals surface area contributed by atoms with E-state index in [2.05, 4.69) is 58.8 Å². The Morgan fingerprint density at radius 2 is 1.35 bits per heavy atom. The average molecular weight is 484 g/mol. The number of amides is 2. The Kier molecular flexibility index (Phi) is 23.1. The van der Waals surface area contributed by atoms with Gasteiger partial charge in [-0.05, 0) is 42.9 Å². The van der Waals surface area contributed by atoms with Crippen molar-refractivity contribution in [1.29, 1.82) is 0 Å². The summed E-state index contributed by atoms with van der Waals surface area (Å²) in [5.41, 5.74) is 5.31. The number of ether oxygens (including phenoxy) is 1. The van der Waals surface area contributed by atoms with E-state index < -0.39 is 0 Å². The number of rotatable bonds is 18. The molecule has 0 radical (unpaired) electrons. The van der Waals surface area contributed by atoms with Crippen molar-refractivity contribution in [3.05, 3.63) is 12.7 Å². The van der Waals surface area contributed by atoms with E-state index in [-0.39, 0.29) is 24.4 Å². The standard InChI is InChI=1S/C16H29NO3.C11H24N2O/c1-5-10-20-16(19)8-7-9-17-15(18)12-14(6-2)11-13(3)4;1-4-10(7-9(2)3)8-11(14)13-6-5-12/h5,13-14H,1,6-12H2,2-4H3,(H,17,18);9-10H,4-8,12H2,1-3H3,(H,13,14)/t14-;10-/m00/s1. The van der Waals surface area contributed by atoms with Gasteiger partial charge in [0.2, 0.25) is 11.8 Å². The highest BCUT2D eigenvalue weighted by molar-refractivity contribution is 5.76. The third-order valence-electron chi connectivity index (χ3n) is 5.42. The van der Waals surface area contributed by atoms with Crippen LogP contribution in [0.3, 0.4) is 0 Å². The zero-order chi connectivity index (χ0) is 26.4. The monoisotopic (exact) mass is 483 g/mol. The molecule has 0 spiro atoms. The highest BCUT2D eigenvalue weighted by Crippen LogP contribution is 2.19. The van der Waals surface area contributed by atoms with Gasteiger partial charge < -0.3 is 21.1 Å². The van der Waals surface area contributed by atoms with E-state index in [4.69, 9.17) is 10.5 Å². The normalized spacial score (nSPS) is 12.4. The molecule has 0 aliphatic rings. The minimum absolute atomic E-state index is 0.0805. The molecule has 0 aromatic rings. The Balaban J connectivity index is 0. The van der Waals surface area contributed by atoms with E-state index in [9.17, 15) is 14.4 Å². The molecule has 4 N–H and O–H groups in total. The molecule has 2 amide bonds. The van der Waals surface area contributed by atoms with Crippen LogP contribution in [-0.4, -0.2) is 44.0 Å². The van der Waals surface area contributed by atoms with Crippen LogP contribution in [-0.2, 0) is 19.1 Å². The molecule has 7 nitrogen and oxygen atoms in total. The summed E-state index contributed by atoms with van der Waals surface area (Å²) in [6, 6.07) is 0. The minimum Gasteiger partial charge on any atom is -0.461 e. The van der Waals surface area contributed by atoms with E-state index in [0.29, 0.717) is 69.0 Å². The fraction of sp³-hybridized carbons (Fsp3) is 0.815. The van der Waals surface area contributed by atoms with Crippen LogP contribution in [0.1, 0.15) is 92.9 Å². The van der Waals surface area contributed by atoms with Crippen LogP contribution in [0.5, 0.6) is 0 Å². The minimum atomic E-state index is -0.245. The van der Waals surface area contributed by atoms with Crippen LogP contribution in [0.2, 0.25) is 0 Å². The molecule has 0 unspecified atom stereocenters. The van der Waals surface area contributed by atoms with Gasteiger partial charge in [0, 0.05) is 38.9 Å². The van der Waals surface area contributed by atoms with E-state index >= 15 is 0 Å². The van der Waals surface area contributed by atoms with Gasteiger partial charge in [-0.25, -0.2) is 0 Å². The zero-order valence-electron chi connectivity index (χ0n) is 22.8. The Bertz CT molecular complexity index is 550. The van der Waals surface area contributed by atoms with Gasteiger partial charge in [0.25, 0.3) is 0 Å². The molecule has 0 aromatic carbocycles. The summed E-state index contributed by atoms with van der Waals surface area (Å²) < 4.78 is 4.85. The summed E-state index contributed by atoms with van der Waals surface area (Å²) >= 11 is 0. The molecule has 34 heavy (non-hydrogen) atoms. The number of carbonyl (C=O) groups excluding carboxylic acids is 3. The first-order valence-corrected chi connectivity index (χ1v) is 13.1. The second kappa shape index (κ2) is 22.9. The lowest BCUT2D eigenvalue weighted by Crippen LogP contribution is -2.30. The lowest BCUT2D eigenvalue weighted by molar-refractivity contribution is -0.142. The predicted molar refractivity (Wildman–Crippen MR) is 141 cm³/mol. The molecule has 0 saturated heterocycles. The van der Waals surface area contributed by atoms with E-state index in [0.717, 1.165) is 25.7 Å². The summed E-state index contributed by atoms with van der Waals surface area (Å²) in [5.74, 6) is 2.24. The van der Waals surface area contributed by atoms with E-state index in [1.807, 2.05) is 0 Å². The van der Waals surface area contributed by atoms with E-state index in [1.165, 1.54) is 0 Å². The van der Waals surface area contributed by atoms with Gasteiger partial charge in [-0.15, -0.1) is 0 Å². The molecule has 0 aliphatic carbocycles. The fourth-order valence-electron chi connectivity index (χ4n) is 3.69. The summed E-state index contributed by atoms with van der Waals surface area (Å²) in [7, 11) is 0. The number of nitrogens with one attached hydrogen (secondary N) is 2. The molecule has 0 heterocycles. The zero-order valence-corrected chi connectivity index (χ0v) is 22.8. The topological polar surface area (TPSA) is 111 Å². The molecule has 7 heteroatoms. The van der Waals surface area contributed by atoms with Crippen LogP contribution in [0.25, 0.3) is 0 Å². The second-order valence-corrected chi connectivity index (χ2v) is 9.78. The van der Waals surface area contributed by atoms with Crippen molar-refractivity contribution in [2.45, 2.75) is 92.9 Å². The fourth-order valence-corrected chi connectivity index (χ4v) is 3.69. The highest BCUT2D eigenvalue weighted by atomic mass is 16.5. The number of hydrogen-bond donors (Lipinski definition) is 3. The summed E-state index contributed by atoms with van der Waals surface area (Å²) in [6.45, 7) is 18.4. The summed E-state index contributed by atoms with van der Waals surface area (Å²) in [6.07, 6.45) is 8.03. The molecule has 0 aliphatic heterocycles. The largest absolute Gasteiger partial charge is 0.461 e. The number of nitrogens with two attached hydrogens (primary N) is 1. The van der Waals surface area contributed by atoms with Crippen LogP contribution >= 0.6 is 0 Å². The Labute approximate surface area is 209 Å². The van der Waals surface area contributed by atoms with Gasteiger partial charge in [-0.3, -0.25) is 14.4 Å². The third-order valence-corrected chi connectivity index (χ3v) is 5.42. The molecule has 2 atom stereocenters. The quantitative estimate of drug-likeness (QED) is 0.150. The van der Waals surface area contributed by atoms with Crippen molar-refractivity contribution in [2.75, 3.05) is 26.2 Å². The highest BCUT2D eigenvalue weighted by Gasteiger charge is 2.14. The average Bonchev–Trinajstić information content (AvgIpc) is 2.77. The first kappa shape index (κ1) is 34.3. The maximum Gasteiger partial charge on any atom is 0.306 e. The van der Waals surface area contributed by atoms with Gasteiger partial charge in [-0.1, -0.05) is 67.0 Å². The Morgan fingerprint density at radius 3 is 1.74 bits per heavy atom. The third kappa shape index (κ3) is 23.3. The molecular formula is C27H53N3O4. The molecule has 0 fully saturated rings. The number of hydrogen-bond acceptors (Lipinski definition) is 5. The van der Waals surface area contributed by atoms with Crippen molar-refractivity contribution >= 4 is 17.8 Å². The van der Waals surface area contributed by atoms with Crippen LogP contribution in [0.4, 0.5) is 0 Å². The maximum absolute atomic E-state index is 11.8. The predicted octanol–water partition coefficient (Wildman–Crippen LogP) is 4.60. The SMILES string of the molecule is C=CCOC(=O)CCCNC(=O)C[C@@H](CC)CC(C)C.CC[C@H](CC(=O)NCCN)CC(C)C. The van der Waals surface area contributed by atoms with Crippen molar-refractivity contribution in [3.8, 4) is 0 Å². The Hall–Kier alpha value is -1.89. The second-order valence-electron chi connectivity index (χ2n) is 9.78. The van der Waals surface area contributed by atoms with Gasteiger partial charge in [-0.2, -0.15) is 0 Å². The molecular weight excluding hydrogens is 430 g/mol. The molecule has 0 rings (SSSR count). The first-order chi connectivity index (χ1) is 16.1. The first-order valence-electron chi connectivity index (χ1n) is 13.1. The molecule has 0 bridgehead atoms. The van der Waals surface area contributed by atoms with Gasteiger partial charge in [0.15, 0.2) is 0 Å². The van der Waals surface area contributed by atoms with Crippen LogP contribution in [0.15, 0.2) is 12.7 Å². The van der Waals surface area contributed by atoms with Gasteiger partial charge >= 0.3 is 5.97 Å². The van der Waals surface area contributed by atoms with E-state index in [1.54, 1.807) is 6.08 Å². The van der Waals surface area contributed by atoms with Crippen molar-refractivity contribution in [1.82, 2.24) is 10.6 Å². The van der Waals surface area contributed by atoms with Gasteiger partial charge in [0.05, 0.1) is 0 Å². The van der Waals surface area contributed by atoms with Crippen LogP contribution < -0.4 is 16.4 Å². The lowest BCUT2D eigenvalue weighted by Gasteiger charge is -2.16. The number of carbonyl (C=O) groups is 3. The number of esters is 1. The van der Waals surface area contributed by atoms with Crippen molar-refractivity contribution in [2.24, 2.45) is 29.4 Å². The molecule has 0 aromatic heterocycles. The van der Waals surface area contributed by atoms with Gasteiger partial charge in [0.1, 0.15) is 6.61 Å². The molecule has 200 valence electrons.